The maximum atomic E-state index is 5.41. The third-order valence-corrected chi connectivity index (χ3v) is 11.3. The molecule has 4 heteroatoms. The molecule has 0 aliphatic heterocycles. The molecular weight excluding hydrogens is 717 g/mol. The van der Waals surface area contributed by atoms with E-state index in [9.17, 15) is 0 Å². The number of benzene rings is 9. The maximum absolute atomic E-state index is 5.41. The Hall–Kier alpha value is -7.95. The van der Waals surface area contributed by atoms with Crippen molar-refractivity contribution in [2.45, 2.75) is 0 Å². The minimum Gasteiger partial charge on any atom is -0.308 e. The number of hydrogen-bond acceptors (Lipinski definition) is 3. The van der Waals surface area contributed by atoms with Crippen LogP contribution in [-0.2, 0) is 0 Å². The highest BCUT2D eigenvalue weighted by Gasteiger charge is 2.21. The maximum Gasteiger partial charge on any atom is 0.166 e. The summed E-state index contributed by atoms with van der Waals surface area (Å²) < 4.78 is 2.37. The molecule has 0 unspecified atom stereocenters. The van der Waals surface area contributed by atoms with Crippen LogP contribution >= 0.6 is 0 Å². The van der Waals surface area contributed by atoms with Gasteiger partial charge in [-0.2, -0.15) is 0 Å². The molecule has 0 amide bonds. The van der Waals surface area contributed by atoms with E-state index in [1.807, 2.05) is 6.07 Å². The average Bonchev–Trinajstić information content (AvgIpc) is 3.66. The number of para-hydroxylation sites is 2. The van der Waals surface area contributed by atoms with Crippen molar-refractivity contribution in [1.82, 2.24) is 19.5 Å². The van der Waals surface area contributed by atoms with Crippen LogP contribution in [0.1, 0.15) is 0 Å². The fourth-order valence-electron chi connectivity index (χ4n) is 8.46. The highest BCUT2D eigenvalue weighted by Crippen LogP contribution is 2.40. The molecule has 0 aliphatic carbocycles. The van der Waals surface area contributed by atoms with E-state index in [1.165, 1.54) is 21.9 Å². The summed E-state index contributed by atoms with van der Waals surface area (Å²) in [5.41, 5.74) is 12.9. The molecule has 2 heterocycles. The SMILES string of the molecule is c1ccc(-c2ccc(-c3nc(-c4ccc(-c5ccccc5)cc4-n4c5ccccc5c5ccccc54)nc(-c4cccc5c(-c6ccccc6)cccc45)n3)cc2)cc1. The van der Waals surface area contributed by atoms with Crippen LogP contribution in [0.4, 0.5) is 0 Å². The van der Waals surface area contributed by atoms with E-state index in [0.29, 0.717) is 17.5 Å². The molecule has 0 saturated heterocycles. The molecule has 0 fully saturated rings. The van der Waals surface area contributed by atoms with E-state index in [2.05, 4.69) is 217 Å². The second kappa shape index (κ2) is 14.5. The van der Waals surface area contributed by atoms with Crippen LogP contribution in [0.5, 0.6) is 0 Å². The van der Waals surface area contributed by atoms with Crippen LogP contribution in [0, 0.1) is 0 Å². The van der Waals surface area contributed by atoms with Gasteiger partial charge in [-0.25, -0.2) is 15.0 Å². The standard InChI is InChI=1S/C55H36N4/c1-4-16-37(17-5-1)39-30-32-41(33-31-39)53-56-54(48-27-15-25-44-43(24-14-26-45(44)48)40-20-8-3-9-21-40)58-55(57-53)49-35-34-42(38-18-6-2-7-19-38)36-52(49)59-50-28-12-10-22-46(50)47-23-11-13-29-51(47)59/h1-36H. The third-order valence-electron chi connectivity index (χ3n) is 11.3. The Morgan fingerprint density at radius 2 is 0.678 bits per heavy atom. The summed E-state index contributed by atoms with van der Waals surface area (Å²) in [7, 11) is 0. The Balaban J connectivity index is 1.18. The topological polar surface area (TPSA) is 43.6 Å². The van der Waals surface area contributed by atoms with Gasteiger partial charge in [0.25, 0.3) is 0 Å². The number of fused-ring (bicyclic) bond motifs is 4. The van der Waals surface area contributed by atoms with Gasteiger partial charge < -0.3 is 4.57 Å². The Morgan fingerprint density at radius 1 is 0.254 bits per heavy atom. The lowest BCUT2D eigenvalue weighted by Gasteiger charge is -2.17. The van der Waals surface area contributed by atoms with Crippen molar-refractivity contribution in [2.24, 2.45) is 0 Å². The third kappa shape index (κ3) is 6.15. The molecule has 0 atom stereocenters. The van der Waals surface area contributed by atoms with Crippen LogP contribution in [0.2, 0.25) is 0 Å². The monoisotopic (exact) mass is 752 g/mol. The van der Waals surface area contributed by atoms with Crippen molar-refractivity contribution in [3.63, 3.8) is 0 Å². The van der Waals surface area contributed by atoms with Crippen LogP contribution < -0.4 is 0 Å². The Bertz CT molecular complexity index is 3250. The molecular formula is C55H36N4. The summed E-state index contributed by atoms with van der Waals surface area (Å²) in [6, 6.07) is 76.9. The van der Waals surface area contributed by atoms with E-state index < -0.39 is 0 Å². The first-order valence-corrected chi connectivity index (χ1v) is 19.9. The highest BCUT2D eigenvalue weighted by atomic mass is 15.1. The van der Waals surface area contributed by atoms with Crippen LogP contribution in [0.25, 0.3) is 106 Å². The molecule has 11 aromatic rings. The van der Waals surface area contributed by atoms with Crippen molar-refractivity contribution < 1.29 is 0 Å². The lowest BCUT2D eigenvalue weighted by Crippen LogP contribution is -2.04. The van der Waals surface area contributed by atoms with Gasteiger partial charge in [-0.05, 0) is 68.4 Å². The van der Waals surface area contributed by atoms with Gasteiger partial charge in [0.05, 0.1) is 16.7 Å². The van der Waals surface area contributed by atoms with E-state index in [-0.39, 0.29) is 0 Å². The molecule has 59 heavy (non-hydrogen) atoms. The van der Waals surface area contributed by atoms with Gasteiger partial charge >= 0.3 is 0 Å². The van der Waals surface area contributed by atoms with E-state index in [0.717, 1.165) is 66.4 Å². The van der Waals surface area contributed by atoms with Crippen molar-refractivity contribution >= 4 is 32.6 Å². The second-order valence-electron chi connectivity index (χ2n) is 14.8. The van der Waals surface area contributed by atoms with Crippen molar-refractivity contribution in [3.8, 4) is 73.2 Å². The smallest absolute Gasteiger partial charge is 0.166 e. The molecule has 276 valence electrons. The summed E-state index contributed by atoms with van der Waals surface area (Å²) in [5.74, 6) is 1.83. The van der Waals surface area contributed by atoms with Gasteiger partial charge in [0.1, 0.15) is 0 Å². The molecule has 0 saturated carbocycles. The van der Waals surface area contributed by atoms with Gasteiger partial charge in [0.15, 0.2) is 17.5 Å². The predicted molar refractivity (Wildman–Crippen MR) is 244 cm³/mol. The molecule has 0 aliphatic rings. The molecule has 4 nitrogen and oxygen atoms in total. The average molecular weight is 753 g/mol. The minimum absolute atomic E-state index is 0.602. The molecule has 2 aromatic heterocycles. The number of hydrogen-bond donors (Lipinski definition) is 0. The molecule has 11 rings (SSSR count). The molecule has 0 radical (unpaired) electrons. The zero-order chi connectivity index (χ0) is 39.1. The zero-order valence-corrected chi connectivity index (χ0v) is 32.1. The Labute approximate surface area is 342 Å². The summed E-state index contributed by atoms with van der Waals surface area (Å²) in [6.45, 7) is 0. The normalized spacial score (nSPS) is 11.4. The first-order valence-electron chi connectivity index (χ1n) is 19.9. The molecule has 9 aromatic carbocycles. The second-order valence-corrected chi connectivity index (χ2v) is 14.8. The van der Waals surface area contributed by atoms with Crippen LogP contribution in [-0.4, -0.2) is 19.5 Å². The highest BCUT2D eigenvalue weighted by molar-refractivity contribution is 6.10. The van der Waals surface area contributed by atoms with Crippen molar-refractivity contribution in [1.29, 1.82) is 0 Å². The molecule has 0 N–H and O–H groups in total. The fourth-order valence-corrected chi connectivity index (χ4v) is 8.46. The summed E-state index contributed by atoms with van der Waals surface area (Å²) in [5, 5.41) is 4.61. The Morgan fingerprint density at radius 3 is 1.31 bits per heavy atom. The number of nitrogens with zero attached hydrogens (tertiary/aromatic N) is 4. The largest absolute Gasteiger partial charge is 0.308 e. The first-order chi connectivity index (χ1) is 29.3. The van der Waals surface area contributed by atoms with Crippen molar-refractivity contribution in [2.75, 3.05) is 0 Å². The van der Waals surface area contributed by atoms with Gasteiger partial charge in [-0.3, -0.25) is 0 Å². The quantitative estimate of drug-likeness (QED) is 0.163. The van der Waals surface area contributed by atoms with E-state index in [4.69, 9.17) is 15.0 Å². The van der Waals surface area contributed by atoms with E-state index >= 15 is 0 Å². The Kier molecular flexibility index (Phi) is 8.45. The van der Waals surface area contributed by atoms with E-state index in [1.54, 1.807) is 0 Å². The fraction of sp³-hybridized carbons (Fsp3) is 0. The van der Waals surface area contributed by atoms with Gasteiger partial charge in [0, 0.05) is 27.5 Å². The zero-order valence-electron chi connectivity index (χ0n) is 32.1. The summed E-state index contributed by atoms with van der Waals surface area (Å²) >= 11 is 0. The minimum atomic E-state index is 0.602. The number of rotatable bonds is 7. The number of aromatic nitrogens is 4. The lowest BCUT2D eigenvalue weighted by atomic mass is 9.95. The van der Waals surface area contributed by atoms with Gasteiger partial charge in [-0.1, -0.05) is 194 Å². The molecule has 0 spiro atoms. The summed E-state index contributed by atoms with van der Waals surface area (Å²) in [6.07, 6.45) is 0. The predicted octanol–water partition coefficient (Wildman–Crippen LogP) is 14.1. The van der Waals surface area contributed by atoms with Gasteiger partial charge in [-0.15, -0.1) is 0 Å². The summed E-state index contributed by atoms with van der Waals surface area (Å²) in [4.78, 5) is 16.0. The van der Waals surface area contributed by atoms with Crippen LogP contribution in [0.3, 0.4) is 0 Å². The van der Waals surface area contributed by atoms with Crippen molar-refractivity contribution in [3.05, 3.63) is 218 Å². The molecule has 0 bridgehead atoms. The van der Waals surface area contributed by atoms with Gasteiger partial charge in [0.2, 0.25) is 0 Å². The van der Waals surface area contributed by atoms with Crippen LogP contribution in [0.15, 0.2) is 218 Å². The first kappa shape index (κ1) is 34.3. The lowest BCUT2D eigenvalue weighted by molar-refractivity contribution is 1.07.